The van der Waals surface area contributed by atoms with Gasteiger partial charge in [0, 0.05) is 33.4 Å². The van der Waals surface area contributed by atoms with E-state index in [1.165, 1.54) is 51.8 Å². The van der Waals surface area contributed by atoms with Crippen molar-refractivity contribution in [3.63, 3.8) is 0 Å². The molecule has 0 radical (unpaired) electrons. The SMILES string of the molecule is CC1(C)CCC(C)(C)c2cc3c(cc21)-c1ccccc1C3Cc1ccc(-c2nc(-c3ccccc3)nc(-c3ccc4c(c3)oc3ccccc34)n2)cc1. The third kappa shape index (κ3) is 5.31. The lowest BCUT2D eigenvalue weighted by Gasteiger charge is -2.42. The van der Waals surface area contributed by atoms with Gasteiger partial charge in [-0.25, -0.2) is 15.0 Å². The smallest absolute Gasteiger partial charge is 0.164 e. The number of fused-ring (bicyclic) bond motifs is 7. The first-order valence-corrected chi connectivity index (χ1v) is 18.8. The lowest BCUT2D eigenvalue weighted by Crippen LogP contribution is -2.34. The van der Waals surface area contributed by atoms with Gasteiger partial charge in [-0.3, -0.25) is 0 Å². The van der Waals surface area contributed by atoms with Gasteiger partial charge >= 0.3 is 0 Å². The highest BCUT2D eigenvalue weighted by Crippen LogP contribution is 2.53. The molecule has 2 heterocycles. The molecule has 0 fully saturated rings. The Hall–Kier alpha value is -5.87. The van der Waals surface area contributed by atoms with Gasteiger partial charge < -0.3 is 4.42 Å². The van der Waals surface area contributed by atoms with Crippen LogP contribution in [0.5, 0.6) is 0 Å². The topological polar surface area (TPSA) is 51.8 Å². The molecule has 0 aliphatic heterocycles. The summed E-state index contributed by atoms with van der Waals surface area (Å²) >= 11 is 0. The Morgan fingerprint density at radius 2 is 1.09 bits per heavy atom. The number of hydrogen-bond acceptors (Lipinski definition) is 4. The minimum atomic E-state index is 0.167. The normalized spacial score (nSPS) is 16.7. The largest absolute Gasteiger partial charge is 0.456 e. The van der Waals surface area contributed by atoms with Crippen molar-refractivity contribution in [1.82, 2.24) is 15.0 Å². The average molecular weight is 688 g/mol. The number of furan rings is 1. The van der Waals surface area contributed by atoms with Crippen LogP contribution in [0.1, 0.15) is 74.3 Å². The molecule has 4 heteroatoms. The van der Waals surface area contributed by atoms with E-state index in [-0.39, 0.29) is 10.8 Å². The van der Waals surface area contributed by atoms with Crippen LogP contribution in [0.3, 0.4) is 0 Å². The second-order valence-electron chi connectivity index (χ2n) is 16.3. The summed E-state index contributed by atoms with van der Waals surface area (Å²) in [7, 11) is 0. The van der Waals surface area contributed by atoms with E-state index in [2.05, 4.69) is 107 Å². The summed E-state index contributed by atoms with van der Waals surface area (Å²) in [6.45, 7) is 9.70. The molecule has 0 saturated carbocycles. The van der Waals surface area contributed by atoms with E-state index in [1.807, 2.05) is 54.6 Å². The zero-order chi connectivity index (χ0) is 35.9. The molecule has 258 valence electrons. The molecule has 0 spiro atoms. The molecule has 53 heavy (non-hydrogen) atoms. The van der Waals surface area contributed by atoms with Gasteiger partial charge in [0.05, 0.1) is 0 Å². The van der Waals surface area contributed by atoms with Crippen LogP contribution in [0.25, 0.3) is 67.2 Å². The molecule has 0 N–H and O–H groups in total. The Kier molecular flexibility index (Phi) is 7.10. The highest BCUT2D eigenvalue weighted by molar-refractivity contribution is 6.05. The van der Waals surface area contributed by atoms with Crippen LogP contribution >= 0.6 is 0 Å². The number of hydrogen-bond donors (Lipinski definition) is 0. The third-order valence-corrected chi connectivity index (χ3v) is 12.0. The minimum absolute atomic E-state index is 0.167. The van der Waals surface area contributed by atoms with Crippen LogP contribution in [0.2, 0.25) is 0 Å². The number of nitrogens with zero attached hydrogens (tertiary/aromatic N) is 3. The first kappa shape index (κ1) is 31.8. The van der Waals surface area contributed by atoms with Crippen LogP contribution < -0.4 is 0 Å². The highest BCUT2D eigenvalue weighted by Gasteiger charge is 2.40. The fourth-order valence-corrected chi connectivity index (χ4v) is 8.83. The first-order chi connectivity index (χ1) is 25.7. The molecule has 0 bridgehead atoms. The molecule has 10 rings (SSSR count). The molecule has 4 nitrogen and oxygen atoms in total. The van der Waals surface area contributed by atoms with Crippen molar-refractivity contribution in [1.29, 1.82) is 0 Å². The monoisotopic (exact) mass is 687 g/mol. The van der Waals surface area contributed by atoms with E-state index in [0.717, 1.165) is 45.0 Å². The van der Waals surface area contributed by atoms with Crippen molar-refractivity contribution in [3.05, 3.63) is 161 Å². The molecule has 2 aromatic heterocycles. The summed E-state index contributed by atoms with van der Waals surface area (Å²) in [6, 6.07) is 47.5. The molecule has 0 amide bonds. The quantitative estimate of drug-likeness (QED) is 0.181. The van der Waals surface area contributed by atoms with Crippen molar-refractivity contribution < 1.29 is 4.42 Å². The second kappa shape index (κ2) is 11.8. The van der Waals surface area contributed by atoms with E-state index in [1.54, 1.807) is 0 Å². The lowest BCUT2D eigenvalue weighted by atomic mass is 9.62. The Morgan fingerprint density at radius 3 is 1.85 bits per heavy atom. The van der Waals surface area contributed by atoms with Crippen LogP contribution in [-0.2, 0) is 17.3 Å². The maximum atomic E-state index is 6.23. The molecular weight excluding hydrogens is 647 g/mol. The van der Waals surface area contributed by atoms with Crippen LogP contribution in [0.4, 0.5) is 0 Å². The zero-order valence-corrected chi connectivity index (χ0v) is 30.7. The van der Waals surface area contributed by atoms with Gasteiger partial charge in [-0.05, 0) is 87.2 Å². The maximum Gasteiger partial charge on any atom is 0.164 e. The van der Waals surface area contributed by atoms with Crippen molar-refractivity contribution in [2.75, 3.05) is 0 Å². The summed E-state index contributed by atoms with van der Waals surface area (Å²) < 4.78 is 6.23. The molecule has 2 aliphatic rings. The van der Waals surface area contributed by atoms with E-state index in [9.17, 15) is 0 Å². The summed E-state index contributed by atoms with van der Waals surface area (Å²) in [4.78, 5) is 15.0. The first-order valence-electron chi connectivity index (χ1n) is 18.8. The number of rotatable bonds is 5. The van der Waals surface area contributed by atoms with Gasteiger partial charge in [0.2, 0.25) is 0 Å². The van der Waals surface area contributed by atoms with E-state index in [4.69, 9.17) is 19.4 Å². The fourth-order valence-electron chi connectivity index (χ4n) is 8.83. The molecule has 6 aromatic carbocycles. The lowest BCUT2D eigenvalue weighted by molar-refractivity contribution is 0.331. The predicted octanol–water partition coefficient (Wildman–Crippen LogP) is 12.5. The highest BCUT2D eigenvalue weighted by atomic mass is 16.3. The van der Waals surface area contributed by atoms with Crippen molar-refractivity contribution >= 4 is 21.9 Å². The molecule has 8 aromatic rings. The molecular formula is C49H41N3O. The van der Waals surface area contributed by atoms with Crippen molar-refractivity contribution in [2.24, 2.45) is 0 Å². The van der Waals surface area contributed by atoms with Gasteiger partial charge in [0.1, 0.15) is 11.2 Å². The molecule has 1 atom stereocenters. The van der Waals surface area contributed by atoms with Crippen molar-refractivity contribution in [3.8, 4) is 45.3 Å². The van der Waals surface area contributed by atoms with Gasteiger partial charge in [0.25, 0.3) is 0 Å². The van der Waals surface area contributed by atoms with E-state index in [0.29, 0.717) is 23.4 Å². The van der Waals surface area contributed by atoms with Crippen LogP contribution in [-0.4, -0.2) is 15.0 Å². The van der Waals surface area contributed by atoms with Crippen LogP contribution in [0.15, 0.2) is 138 Å². The number of aromatic nitrogens is 3. The van der Waals surface area contributed by atoms with Gasteiger partial charge in [-0.2, -0.15) is 0 Å². The number of para-hydroxylation sites is 1. The van der Waals surface area contributed by atoms with Gasteiger partial charge in [-0.1, -0.05) is 143 Å². The second-order valence-corrected chi connectivity index (χ2v) is 16.3. The van der Waals surface area contributed by atoms with E-state index >= 15 is 0 Å². The molecule has 1 unspecified atom stereocenters. The zero-order valence-electron chi connectivity index (χ0n) is 30.7. The minimum Gasteiger partial charge on any atom is -0.456 e. The van der Waals surface area contributed by atoms with Gasteiger partial charge in [-0.15, -0.1) is 0 Å². The number of benzene rings is 6. The Labute approximate surface area is 310 Å². The van der Waals surface area contributed by atoms with E-state index < -0.39 is 0 Å². The summed E-state index contributed by atoms with van der Waals surface area (Å²) in [5, 5.41) is 2.18. The van der Waals surface area contributed by atoms with Crippen molar-refractivity contribution in [2.45, 2.75) is 63.7 Å². The Balaban J connectivity index is 1.02. The van der Waals surface area contributed by atoms with Crippen LogP contribution in [0, 0.1) is 0 Å². The fraction of sp³-hybridized carbons (Fsp3) is 0.204. The molecule has 2 aliphatic carbocycles. The summed E-state index contributed by atoms with van der Waals surface area (Å²) in [6.07, 6.45) is 3.36. The predicted molar refractivity (Wildman–Crippen MR) is 216 cm³/mol. The average Bonchev–Trinajstić information content (AvgIpc) is 3.71. The Bertz CT molecular complexity index is 2700. The Morgan fingerprint density at radius 1 is 0.509 bits per heavy atom. The third-order valence-electron chi connectivity index (χ3n) is 12.0. The maximum absolute atomic E-state index is 6.23. The summed E-state index contributed by atoms with van der Waals surface area (Å²) in [5.41, 5.74) is 14.9. The standard InChI is InChI=1S/C49H41N3O/c1-48(2)24-25-49(3,4)42-29-40-38(34-14-8-9-15-35(34)39(40)28-41(42)48)26-30-18-20-32(21-19-30)46-50-45(31-12-6-5-7-13-31)51-47(52-46)33-22-23-37-36-16-10-11-17-43(36)53-44(37)27-33/h5-23,27-29,38H,24-26H2,1-4H3. The summed E-state index contributed by atoms with van der Waals surface area (Å²) in [5.74, 6) is 2.22. The molecule has 0 saturated heterocycles. The van der Waals surface area contributed by atoms with Gasteiger partial charge in [0.15, 0.2) is 17.5 Å².